The molecule has 0 fully saturated rings. The topological polar surface area (TPSA) is 66.5 Å². The van der Waals surface area contributed by atoms with Gasteiger partial charge in [-0.1, -0.05) is 45.8 Å². The molecule has 2 rings (SSSR count). The van der Waals surface area contributed by atoms with Gasteiger partial charge in [-0.3, -0.25) is 9.10 Å². The largest absolute Gasteiger partial charge is 0.355 e. The highest BCUT2D eigenvalue weighted by Crippen LogP contribution is 2.24. The van der Waals surface area contributed by atoms with Gasteiger partial charge in [-0.2, -0.15) is 0 Å². The molecule has 146 valence electrons. The summed E-state index contributed by atoms with van der Waals surface area (Å²) in [4.78, 5) is 12.3. The Labute approximate surface area is 170 Å². The van der Waals surface area contributed by atoms with E-state index >= 15 is 0 Å². The molecular weight excluding hydrogens is 428 g/mol. The minimum atomic E-state index is -3.56. The Morgan fingerprint density at radius 3 is 2.37 bits per heavy atom. The molecule has 2 aromatic rings. The number of hydrogen-bond acceptors (Lipinski definition) is 3. The molecule has 2 aromatic carbocycles. The van der Waals surface area contributed by atoms with Crippen LogP contribution in [0.15, 0.2) is 46.9 Å². The van der Waals surface area contributed by atoms with E-state index in [-0.39, 0.29) is 12.5 Å². The van der Waals surface area contributed by atoms with Crippen LogP contribution in [0.25, 0.3) is 0 Å². The van der Waals surface area contributed by atoms with Crippen molar-refractivity contribution in [3.05, 3.63) is 63.6 Å². The third-order valence-corrected chi connectivity index (χ3v) is 6.23. The van der Waals surface area contributed by atoms with Gasteiger partial charge < -0.3 is 5.32 Å². The average Bonchev–Trinajstić information content (AvgIpc) is 2.60. The van der Waals surface area contributed by atoms with Gasteiger partial charge in [-0.15, -0.1) is 0 Å². The van der Waals surface area contributed by atoms with Gasteiger partial charge in [0.1, 0.15) is 6.54 Å². The molecule has 5 nitrogen and oxygen atoms in total. The molecule has 0 bridgehead atoms. The van der Waals surface area contributed by atoms with Gasteiger partial charge in [0.05, 0.1) is 11.9 Å². The molecule has 0 atom stereocenters. The quantitative estimate of drug-likeness (QED) is 0.622. The molecule has 0 aliphatic carbocycles. The van der Waals surface area contributed by atoms with Gasteiger partial charge in [0.2, 0.25) is 15.9 Å². The Hall–Kier alpha value is -1.86. The van der Waals surface area contributed by atoms with Crippen LogP contribution in [0.4, 0.5) is 5.69 Å². The number of rotatable bonds is 8. The van der Waals surface area contributed by atoms with Gasteiger partial charge >= 0.3 is 0 Å². The van der Waals surface area contributed by atoms with Gasteiger partial charge in [-0.25, -0.2) is 8.42 Å². The number of nitrogens with zero attached hydrogens (tertiary/aromatic N) is 1. The first-order valence-electron chi connectivity index (χ1n) is 8.73. The van der Waals surface area contributed by atoms with Crippen molar-refractivity contribution in [1.29, 1.82) is 0 Å². The molecule has 0 heterocycles. The van der Waals surface area contributed by atoms with Crippen LogP contribution >= 0.6 is 15.9 Å². The van der Waals surface area contributed by atoms with E-state index in [0.717, 1.165) is 33.4 Å². The predicted molar refractivity (Wildman–Crippen MR) is 114 cm³/mol. The second kappa shape index (κ2) is 9.37. The number of halogens is 1. The summed E-state index contributed by atoms with van der Waals surface area (Å²) in [7, 11) is -3.56. The van der Waals surface area contributed by atoms with Crippen LogP contribution in [0.3, 0.4) is 0 Å². The van der Waals surface area contributed by atoms with E-state index in [1.54, 1.807) is 18.2 Å². The number of anilines is 1. The molecule has 0 aliphatic heterocycles. The van der Waals surface area contributed by atoms with Crippen molar-refractivity contribution < 1.29 is 13.2 Å². The van der Waals surface area contributed by atoms with Crippen LogP contribution in [0.2, 0.25) is 0 Å². The molecule has 7 heteroatoms. The number of carbonyl (C=O) groups is 1. The third-order valence-electron chi connectivity index (χ3n) is 4.20. The number of benzene rings is 2. The Kier molecular flexibility index (Phi) is 7.44. The minimum Gasteiger partial charge on any atom is -0.355 e. The molecule has 0 unspecified atom stereocenters. The molecule has 0 aliphatic rings. The van der Waals surface area contributed by atoms with E-state index in [9.17, 15) is 13.2 Å². The first-order valence-corrected chi connectivity index (χ1v) is 11.4. The zero-order valence-corrected chi connectivity index (χ0v) is 18.2. The number of carbonyl (C=O) groups excluding carboxylic acids is 1. The van der Waals surface area contributed by atoms with E-state index < -0.39 is 10.0 Å². The van der Waals surface area contributed by atoms with Crippen molar-refractivity contribution in [3.63, 3.8) is 0 Å². The van der Waals surface area contributed by atoms with Crippen LogP contribution in [-0.2, 0) is 21.2 Å². The second-order valence-corrected chi connectivity index (χ2v) is 9.40. The first kappa shape index (κ1) is 21.4. The van der Waals surface area contributed by atoms with E-state index in [4.69, 9.17) is 0 Å². The number of sulfonamides is 1. The van der Waals surface area contributed by atoms with Crippen LogP contribution in [0.1, 0.15) is 23.1 Å². The normalized spacial score (nSPS) is 11.3. The maximum absolute atomic E-state index is 12.3. The zero-order chi connectivity index (χ0) is 20.0. The average molecular weight is 453 g/mol. The summed E-state index contributed by atoms with van der Waals surface area (Å²) in [6.45, 7) is 4.19. The number of nitrogens with one attached hydrogen (secondary N) is 1. The fourth-order valence-electron chi connectivity index (χ4n) is 2.65. The van der Waals surface area contributed by atoms with Gasteiger partial charge in [0.25, 0.3) is 0 Å². The molecular formula is C20H25BrN2O3S. The molecule has 0 radical (unpaired) electrons. The highest BCUT2D eigenvalue weighted by atomic mass is 79.9. The lowest BCUT2D eigenvalue weighted by atomic mass is 10.1. The fraction of sp³-hybridized carbons (Fsp3) is 0.350. The highest BCUT2D eigenvalue weighted by Gasteiger charge is 2.21. The molecule has 0 spiro atoms. The first-order chi connectivity index (χ1) is 12.7. The number of hydrogen-bond donors (Lipinski definition) is 1. The van der Waals surface area contributed by atoms with Crippen LogP contribution in [-0.4, -0.2) is 33.7 Å². The SMILES string of the molecule is Cc1ccc(CCCNC(=O)CN(c2ccc(Br)c(C)c2)S(C)(=O)=O)cc1. The highest BCUT2D eigenvalue weighted by molar-refractivity contribution is 9.10. The summed E-state index contributed by atoms with van der Waals surface area (Å²) >= 11 is 3.40. The van der Waals surface area contributed by atoms with E-state index in [1.807, 2.05) is 13.8 Å². The van der Waals surface area contributed by atoms with E-state index in [2.05, 4.69) is 45.5 Å². The second-order valence-electron chi connectivity index (χ2n) is 6.64. The number of aryl methyl sites for hydroxylation is 3. The van der Waals surface area contributed by atoms with Crippen LogP contribution < -0.4 is 9.62 Å². The lowest BCUT2D eigenvalue weighted by molar-refractivity contribution is -0.119. The molecule has 0 saturated heterocycles. The summed E-state index contributed by atoms with van der Waals surface area (Å²) in [5, 5.41) is 2.81. The monoisotopic (exact) mass is 452 g/mol. The smallest absolute Gasteiger partial charge is 0.240 e. The molecule has 1 amide bonds. The summed E-state index contributed by atoms with van der Waals surface area (Å²) < 4.78 is 26.3. The van der Waals surface area contributed by atoms with Crippen LogP contribution in [0.5, 0.6) is 0 Å². The Morgan fingerprint density at radius 1 is 1.11 bits per heavy atom. The molecule has 0 aromatic heterocycles. The lowest BCUT2D eigenvalue weighted by Gasteiger charge is -2.22. The standard InChI is InChI=1S/C20H25BrN2O3S/c1-15-6-8-17(9-7-15)5-4-12-22-20(24)14-23(27(3,25)26)18-10-11-19(21)16(2)13-18/h6-11,13H,4-5,12,14H2,1-3H3,(H,22,24). The fourth-order valence-corrected chi connectivity index (χ4v) is 3.74. The summed E-state index contributed by atoms with van der Waals surface area (Å²) in [5.41, 5.74) is 3.82. The lowest BCUT2D eigenvalue weighted by Crippen LogP contribution is -2.40. The van der Waals surface area contributed by atoms with Crippen molar-refractivity contribution in [2.45, 2.75) is 26.7 Å². The molecule has 0 saturated carbocycles. The Bertz CT molecular complexity index is 896. The maximum Gasteiger partial charge on any atom is 0.240 e. The molecule has 27 heavy (non-hydrogen) atoms. The van der Waals surface area contributed by atoms with Gasteiger partial charge in [-0.05, 0) is 56.0 Å². The summed E-state index contributed by atoms with van der Waals surface area (Å²) in [6.07, 6.45) is 2.77. The van der Waals surface area contributed by atoms with Crippen molar-refractivity contribution in [2.24, 2.45) is 0 Å². The minimum absolute atomic E-state index is 0.232. The van der Waals surface area contributed by atoms with Crippen molar-refractivity contribution in [2.75, 3.05) is 23.7 Å². The third kappa shape index (κ3) is 6.66. The van der Waals surface area contributed by atoms with Crippen molar-refractivity contribution >= 4 is 37.5 Å². The van der Waals surface area contributed by atoms with Crippen molar-refractivity contribution in [1.82, 2.24) is 5.32 Å². The van der Waals surface area contributed by atoms with E-state index in [1.165, 1.54) is 11.1 Å². The maximum atomic E-state index is 12.3. The van der Waals surface area contributed by atoms with Crippen LogP contribution in [0, 0.1) is 13.8 Å². The predicted octanol–water partition coefficient (Wildman–Crippen LogP) is 3.58. The number of amides is 1. The molecule has 1 N–H and O–H groups in total. The summed E-state index contributed by atoms with van der Waals surface area (Å²) in [5.74, 6) is -0.315. The van der Waals surface area contributed by atoms with Gasteiger partial charge in [0.15, 0.2) is 0 Å². The van der Waals surface area contributed by atoms with Gasteiger partial charge in [0, 0.05) is 11.0 Å². The summed E-state index contributed by atoms with van der Waals surface area (Å²) in [6, 6.07) is 13.5. The van der Waals surface area contributed by atoms with Crippen molar-refractivity contribution in [3.8, 4) is 0 Å². The Balaban J connectivity index is 1.92. The zero-order valence-electron chi connectivity index (χ0n) is 15.8. The van der Waals surface area contributed by atoms with E-state index in [0.29, 0.717) is 12.2 Å². The Morgan fingerprint density at radius 2 is 1.78 bits per heavy atom.